The summed E-state index contributed by atoms with van der Waals surface area (Å²) < 4.78 is 48.0. The first-order valence-electron chi connectivity index (χ1n) is 12.1. The third-order valence-electron chi connectivity index (χ3n) is 6.97. The topological polar surface area (TPSA) is 149 Å². The number of nitrogens with two attached hydrogens (primary N) is 1. The highest BCUT2D eigenvalue weighted by atomic mass is 19.3. The number of carbonyl (C=O) groups is 2. The Balaban J connectivity index is 1.38. The summed E-state index contributed by atoms with van der Waals surface area (Å²) >= 11 is 0. The molecular formula is C24H27F3N8O4. The summed E-state index contributed by atoms with van der Waals surface area (Å²) in [5.74, 6) is -4.65. The quantitative estimate of drug-likeness (QED) is 0.355. The molecule has 1 aliphatic carbocycles. The van der Waals surface area contributed by atoms with Crippen molar-refractivity contribution in [3.63, 3.8) is 0 Å². The molecule has 0 radical (unpaired) electrons. The first-order chi connectivity index (χ1) is 18.6. The van der Waals surface area contributed by atoms with Crippen LogP contribution in [0.15, 0.2) is 24.7 Å². The van der Waals surface area contributed by atoms with E-state index >= 15 is 0 Å². The largest absolute Gasteiger partial charge is 0.480 e. The number of aromatic nitrogens is 4. The third-order valence-corrected chi connectivity index (χ3v) is 6.97. The second-order valence-electron chi connectivity index (χ2n) is 9.57. The summed E-state index contributed by atoms with van der Waals surface area (Å²) in [7, 11) is 2.82. The van der Waals surface area contributed by atoms with Crippen molar-refractivity contribution in [3.05, 3.63) is 35.8 Å². The van der Waals surface area contributed by atoms with Crippen LogP contribution >= 0.6 is 0 Å². The SMILES string of the molecule is CONCc1cc(-c2cnc(OC)c(C(=O)NC3CN(C(=O)C4CC(F)(F)C4)CC3F)c2)n2ncnc(N)c12. The summed E-state index contributed by atoms with van der Waals surface area (Å²) in [5, 5.41) is 6.88. The summed E-state index contributed by atoms with van der Waals surface area (Å²) in [5.41, 5.74) is 11.2. The van der Waals surface area contributed by atoms with Crippen molar-refractivity contribution in [2.24, 2.45) is 5.92 Å². The molecule has 39 heavy (non-hydrogen) atoms. The molecule has 1 saturated heterocycles. The predicted molar refractivity (Wildman–Crippen MR) is 131 cm³/mol. The Hall–Kier alpha value is -3.98. The van der Waals surface area contributed by atoms with Gasteiger partial charge in [0.2, 0.25) is 17.7 Å². The number of anilines is 1. The lowest BCUT2D eigenvalue weighted by atomic mass is 9.80. The Morgan fingerprint density at radius 1 is 1.21 bits per heavy atom. The highest BCUT2D eigenvalue weighted by Gasteiger charge is 2.51. The van der Waals surface area contributed by atoms with Crippen LogP contribution < -0.4 is 21.3 Å². The van der Waals surface area contributed by atoms with Gasteiger partial charge in [-0.05, 0) is 17.7 Å². The van der Waals surface area contributed by atoms with Gasteiger partial charge in [-0.25, -0.2) is 27.7 Å². The van der Waals surface area contributed by atoms with Crippen LogP contribution in [0.4, 0.5) is 19.0 Å². The number of hydroxylamine groups is 1. The molecule has 0 aromatic carbocycles. The Kier molecular flexibility index (Phi) is 7.03. The van der Waals surface area contributed by atoms with Crippen molar-refractivity contribution in [1.29, 1.82) is 0 Å². The Labute approximate surface area is 220 Å². The molecule has 0 spiro atoms. The first-order valence-corrected chi connectivity index (χ1v) is 12.1. The van der Waals surface area contributed by atoms with Gasteiger partial charge in [0.25, 0.3) is 5.91 Å². The number of methoxy groups -OCH3 is 1. The van der Waals surface area contributed by atoms with Gasteiger partial charge in [0.05, 0.1) is 32.5 Å². The average Bonchev–Trinajstić information content (AvgIpc) is 3.46. The van der Waals surface area contributed by atoms with Crippen molar-refractivity contribution in [2.45, 2.75) is 37.5 Å². The summed E-state index contributed by atoms with van der Waals surface area (Å²) in [6.45, 7) is -0.114. The van der Waals surface area contributed by atoms with Crippen LogP contribution in [0.2, 0.25) is 0 Å². The van der Waals surface area contributed by atoms with Crippen LogP contribution in [0, 0.1) is 5.92 Å². The fourth-order valence-corrected chi connectivity index (χ4v) is 4.97. The Morgan fingerprint density at radius 2 is 1.97 bits per heavy atom. The van der Waals surface area contributed by atoms with Gasteiger partial charge in [-0.2, -0.15) is 10.6 Å². The van der Waals surface area contributed by atoms with Crippen LogP contribution in [-0.2, 0) is 16.2 Å². The Bertz CT molecular complexity index is 1410. The van der Waals surface area contributed by atoms with Crippen LogP contribution in [0.25, 0.3) is 16.8 Å². The number of rotatable bonds is 8. The molecule has 4 N–H and O–H groups in total. The number of nitrogen functional groups attached to an aromatic ring is 1. The fourth-order valence-electron chi connectivity index (χ4n) is 4.97. The standard InChI is InChI=1S/C24H27F3N8O4/c1-38-22-15(21(36)33-17-10-34(9-16(17)25)23(37)14-5-24(26,27)6-14)3-12(7-29-22)18-4-13(8-32-39-2)19-20(28)30-11-31-35(18)19/h3-4,7,11,14,16-17,32H,5-6,8-10H2,1-2H3,(H,33,36)(H2,28,30,31). The number of pyridine rings is 1. The molecule has 208 valence electrons. The van der Waals surface area contributed by atoms with Crippen LogP contribution in [0.3, 0.4) is 0 Å². The van der Waals surface area contributed by atoms with E-state index in [9.17, 15) is 22.8 Å². The maximum atomic E-state index is 14.8. The third kappa shape index (κ3) is 5.06. The normalized spacial score (nSPS) is 20.7. The smallest absolute Gasteiger partial charge is 0.257 e. The molecule has 2 unspecified atom stereocenters. The van der Waals surface area contributed by atoms with Crippen molar-refractivity contribution >= 4 is 23.1 Å². The number of hydrogen-bond donors (Lipinski definition) is 3. The minimum Gasteiger partial charge on any atom is -0.480 e. The van der Waals surface area contributed by atoms with Crippen molar-refractivity contribution in [1.82, 2.24) is 35.3 Å². The van der Waals surface area contributed by atoms with Crippen LogP contribution in [-0.4, -0.2) is 81.7 Å². The highest BCUT2D eigenvalue weighted by Crippen LogP contribution is 2.43. The lowest BCUT2D eigenvalue weighted by Crippen LogP contribution is -2.47. The molecule has 2 atom stereocenters. The van der Waals surface area contributed by atoms with Crippen LogP contribution in [0.5, 0.6) is 5.88 Å². The summed E-state index contributed by atoms with van der Waals surface area (Å²) in [4.78, 5) is 40.2. The number of alkyl halides is 3. The number of nitrogens with one attached hydrogen (secondary N) is 2. The van der Waals surface area contributed by atoms with Gasteiger partial charge >= 0.3 is 0 Å². The number of fused-ring (bicyclic) bond motifs is 1. The molecule has 3 aromatic rings. The highest BCUT2D eigenvalue weighted by molar-refractivity contribution is 5.98. The number of amides is 2. The number of hydrogen-bond acceptors (Lipinski definition) is 9. The van der Waals surface area contributed by atoms with Crippen molar-refractivity contribution in [3.8, 4) is 17.1 Å². The van der Waals surface area contributed by atoms with Gasteiger partial charge in [0.15, 0.2) is 5.82 Å². The second kappa shape index (κ2) is 10.3. The molecule has 1 saturated carbocycles. The van der Waals surface area contributed by atoms with E-state index in [2.05, 4.69) is 25.9 Å². The fraction of sp³-hybridized carbons (Fsp3) is 0.458. The predicted octanol–water partition coefficient (Wildman–Crippen LogP) is 1.36. The maximum absolute atomic E-state index is 14.8. The van der Waals surface area contributed by atoms with Gasteiger partial charge in [-0.3, -0.25) is 9.59 Å². The van der Waals surface area contributed by atoms with Gasteiger partial charge in [0, 0.05) is 43.6 Å². The lowest BCUT2D eigenvalue weighted by molar-refractivity contribution is -0.159. The number of likely N-dealkylation sites (tertiary alicyclic amines) is 1. The molecule has 5 rings (SSSR count). The van der Waals surface area contributed by atoms with E-state index in [1.807, 2.05) is 0 Å². The number of carbonyl (C=O) groups excluding carboxylic acids is 2. The van der Waals surface area contributed by atoms with E-state index < -0.39 is 48.7 Å². The molecule has 15 heteroatoms. The van der Waals surface area contributed by atoms with E-state index in [1.54, 1.807) is 10.6 Å². The monoisotopic (exact) mass is 548 g/mol. The van der Waals surface area contributed by atoms with Gasteiger partial charge in [-0.15, -0.1) is 0 Å². The maximum Gasteiger partial charge on any atom is 0.257 e. The molecule has 1 aliphatic heterocycles. The second-order valence-corrected chi connectivity index (χ2v) is 9.57. The van der Waals surface area contributed by atoms with E-state index in [1.165, 1.54) is 37.7 Å². The van der Waals surface area contributed by atoms with Crippen molar-refractivity contribution in [2.75, 3.05) is 33.0 Å². The summed E-state index contributed by atoms with van der Waals surface area (Å²) in [6.07, 6.45) is 0.139. The van der Waals surface area contributed by atoms with Crippen LogP contribution in [0.1, 0.15) is 28.8 Å². The van der Waals surface area contributed by atoms with E-state index in [0.29, 0.717) is 23.3 Å². The minimum absolute atomic E-state index is 0.00515. The number of ether oxygens (including phenoxy) is 1. The molecule has 4 heterocycles. The lowest BCUT2D eigenvalue weighted by Gasteiger charge is -2.36. The zero-order valence-corrected chi connectivity index (χ0v) is 21.2. The van der Waals surface area contributed by atoms with Gasteiger partial charge < -0.3 is 25.5 Å². The molecule has 0 bridgehead atoms. The number of halogens is 3. The minimum atomic E-state index is -2.86. The number of nitrogens with zero attached hydrogens (tertiary/aromatic N) is 5. The summed E-state index contributed by atoms with van der Waals surface area (Å²) in [6, 6.07) is 2.29. The van der Waals surface area contributed by atoms with Gasteiger partial charge in [-0.1, -0.05) is 0 Å². The molecule has 12 nitrogen and oxygen atoms in total. The van der Waals surface area contributed by atoms with Gasteiger partial charge in [0.1, 0.15) is 23.6 Å². The molecule has 2 amide bonds. The van der Waals surface area contributed by atoms with E-state index in [0.717, 1.165) is 5.56 Å². The molecule has 3 aromatic heterocycles. The van der Waals surface area contributed by atoms with E-state index in [-0.39, 0.29) is 30.4 Å². The first kappa shape index (κ1) is 26.6. The average molecular weight is 549 g/mol. The zero-order chi connectivity index (χ0) is 27.9. The van der Waals surface area contributed by atoms with E-state index in [4.69, 9.17) is 15.3 Å². The zero-order valence-electron chi connectivity index (χ0n) is 21.2. The van der Waals surface area contributed by atoms with Crippen molar-refractivity contribution < 1.29 is 32.3 Å². The molecule has 2 fully saturated rings. The molecular weight excluding hydrogens is 521 g/mol. The molecule has 2 aliphatic rings. The Morgan fingerprint density at radius 3 is 2.67 bits per heavy atom.